The van der Waals surface area contributed by atoms with Crippen molar-refractivity contribution in [1.29, 1.82) is 0 Å². The lowest BCUT2D eigenvalue weighted by atomic mass is 9.98. The number of benzene rings is 1. The summed E-state index contributed by atoms with van der Waals surface area (Å²) in [6.07, 6.45) is 3.51. The van der Waals surface area contributed by atoms with E-state index in [-0.39, 0.29) is 11.8 Å². The molecule has 1 aromatic carbocycles. The Morgan fingerprint density at radius 3 is 2.65 bits per heavy atom. The van der Waals surface area contributed by atoms with Crippen LogP contribution in [0.3, 0.4) is 0 Å². The van der Waals surface area contributed by atoms with E-state index in [0.29, 0.717) is 18.1 Å². The molecule has 5 heteroatoms. The van der Waals surface area contributed by atoms with Crippen molar-refractivity contribution in [2.75, 3.05) is 6.54 Å². The van der Waals surface area contributed by atoms with Gasteiger partial charge >= 0.3 is 0 Å². The van der Waals surface area contributed by atoms with E-state index in [0.717, 1.165) is 11.1 Å². The largest absolute Gasteiger partial charge is 0.369 e. The van der Waals surface area contributed by atoms with Crippen molar-refractivity contribution in [3.05, 3.63) is 64.9 Å². The Morgan fingerprint density at radius 2 is 2.05 bits per heavy atom. The molecule has 2 aromatic rings. The minimum atomic E-state index is -0.371. The second-order valence-electron chi connectivity index (χ2n) is 4.50. The predicted molar refractivity (Wildman–Crippen MR) is 79.3 cm³/mol. The zero-order chi connectivity index (χ0) is 14.4. The average molecular weight is 290 g/mol. The van der Waals surface area contributed by atoms with Gasteiger partial charge in [0, 0.05) is 30.5 Å². The number of rotatable bonds is 6. The van der Waals surface area contributed by atoms with Crippen LogP contribution in [0.25, 0.3) is 0 Å². The number of pyridine rings is 1. The number of halogens is 1. The van der Waals surface area contributed by atoms with Crippen LogP contribution in [0.1, 0.15) is 17.0 Å². The molecule has 20 heavy (non-hydrogen) atoms. The fourth-order valence-electron chi connectivity index (χ4n) is 1.94. The lowest BCUT2D eigenvalue weighted by molar-refractivity contribution is -0.119. The Kier molecular flexibility index (Phi) is 5.09. The number of nitrogens with two attached hydrogens (primary N) is 1. The highest BCUT2D eigenvalue weighted by molar-refractivity contribution is 6.30. The number of carbonyl (C=O) groups excluding carboxylic acids is 1. The molecule has 0 bridgehead atoms. The van der Waals surface area contributed by atoms with Crippen LogP contribution in [-0.4, -0.2) is 17.4 Å². The molecule has 4 nitrogen and oxygen atoms in total. The van der Waals surface area contributed by atoms with Crippen LogP contribution in [0.5, 0.6) is 0 Å². The SMILES string of the molecule is NC(=O)C(CNCc1cccnc1)c1ccc(Cl)cc1. The number of hydrogen-bond donors (Lipinski definition) is 2. The summed E-state index contributed by atoms with van der Waals surface area (Å²) in [6.45, 7) is 1.12. The third-order valence-corrected chi connectivity index (χ3v) is 3.27. The van der Waals surface area contributed by atoms with Gasteiger partial charge in [-0.05, 0) is 29.3 Å². The van der Waals surface area contributed by atoms with Gasteiger partial charge in [-0.2, -0.15) is 0 Å². The highest BCUT2D eigenvalue weighted by Crippen LogP contribution is 2.18. The monoisotopic (exact) mass is 289 g/mol. The van der Waals surface area contributed by atoms with Crippen molar-refractivity contribution in [2.45, 2.75) is 12.5 Å². The minimum absolute atomic E-state index is 0.356. The molecule has 0 spiro atoms. The quantitative estimate of drug-likeness (QED) is 0.856. The molecule has 0 aliphatic rings. The summed E-state index contributed by atoms with van der Waals surface area (Å²) < 4.78 is 0. The van der Waals surface area contributed by atoms with Crippen molar-refractivity contribution in [2.24, 2.45) is 5.73 Å². The van der Waals surface area contributed by atoms with Gasteiger partial charge in [0.05, 0.1) is 5.92 Å². The second kappa shape index (κ2) is 7.03. The lowest BCUT2D eigenvalue weighted by Gasteiger charge is -2.15. The molecule has 0 fully saturated rings. The van der Waals surface area contributed by atoms with E-state index in [9.17, 15) is 4.79 Å². The van der Waals surface area contributed by atoms with E-state index in [4.69, 9.17) is 17.3 Å². The van der Waals surface area contributed by atoms with Gasteiger partial charge in [0.2, 0.25) is 5.91 Å². The van der Waals surface area contributed by atoms with Crippen molar-refractivity contribution in [1.82, 2.24) is 10.3 Å². The van der Waals surface area contributed by atoms with Crippen LogP contribution in [0, 0.1) is 0 Å². The van der Waals surface area contributed by atoms with Gasteiger partial charge in [-0.15, -0.1) is 0 Å². The molecule has 1 atom stereocenters. The second-order valence-corrected chi connectivity index (χ2v) is 4.94. The highest BCUT2D eigenvalue weighted by atomic mass is 35.5. The number of primary amides is 1. The van der Waals surface area contributed by atoms with E-state index in [2.05, 4.69) is 10.3 Å². The van der Waals surface area contributed by atoms with Crippen LogP contribution in [0.2, 0.25) is 5.02 Å². The summed E-state index contributed by atoms with van der Waals surface area (Å²) in [4.78, 5) is 15.6. The summed E-state index contributed by atoms with van der Waals surface area (Å²) in [6, 6.07) is 11.0. The van der Waals surface area contributed by atoms with Crippen LogP contribution >= 0.6 is 11.6 Å². The maximum absolute atomic E-state index is 11.6. The Morgan fingerprint density at radius 1 is 1.30 bits per heavy atom. The van der Waals surface area contributed by atoms with Crippen molar-refractivity contribution >= 4 is 17.5 Å². The number of nitrogens with zero attached hydrogens (tertiary/aromatic N) is 1. The van der Waals surface area contributed by atoms with Gasteiger partial charge in [-0.3, -0.25) is 9.78 Å². The summed E-state index contributed by atoms with van der Waals surface area (Å²) in [5, 5.41) is 3.86. The number of amides is 1. The molecular weight excluding hydrogens is 274 g/mol. The number of carbonyl (C=O) groups is 1. The van der Waals surface area contributed by atoms with E-state index < -0.39 is 0 Å². The normalized spacial score (nSPS) is 12.1. The topological polar surface area (TPSA) is 68.0 Å². The molecule has 1 amide bonds. The molecule has 1 aromatic heterocycles. The standard InChI is InChI=1S/C15H16ClN3O/c16-13-5-3-12(4-6-13)14(15(17)20)10-19-9-11-2-1-7-18-8-11/h1-8,14,19H,9-10H2,(H2,17,20). The fraction of sp³-hybridized carbons (Fsp3) is 0.200. The molecule has 0 saturated carbocycles. The van der Waals surface area contributed by atoms with Gasteiger partial charge in [0.1, 0.15) is 0 Å². The molecule has 104 valence electrons. The Hall–Kier alpha value is -1.91. The van der Waals surface area contributed by atoms with E-state index in [1.807, 2.05) is 24.3 Å². The van der Waals surface area contributed by atoms with Gasteiger partial charge in [-0.25, -0.2) is 0 Å². The van der Waals surface area contributed by atoms with Gasteiger partial charge in [0.25, 0.3) is 0 Å². The summed E-state index contributed by atoms with van der Waals surface area (Å²) in [5.41, 5.74) is 7.39. The maximum Gasteiger partial charge on any atom is 0.226 e. The first-order valence-corrected chi connectivity index (χ1v) is 6.69. The highest BCUT2D eigenvalue weighted by Gasteiger charge is 2.17. The van der Waals surface area contributed by atoms with Crippen molar-refractivity contribution in [3.8, 4) is 0 Å². The third kappa shape index (κ3) is 4.05. The van der Waals surface area contributed by atoms with Crippen LogP contribution in [0.4, 0.5) is 0 Å². The molecular formula is C15H16ClN3O. The summed E-state index contributed by atoms with van der Waals surface area (Å²) in [7, 11) is 0. The van der Waals surface area contributed by atoms with E-state index in [1.165, 1.54) is 0 Å². The molecule has 0 aliphatic heterocycles. The lowest BCUT2D eigenvalue weighted by Crippen LogP contribution is -2.31. The molecule has 2 rings (SSSR count). The Balaban J connectivity index is 1.96. The first-order valence-electron chi connectivity index (χ1n) is 6.31. The molecule has 0 saturated heterocycles. The first-order chi connectivity index (χ1) is 9.66. The van der Waals surface area contributed by atoms with Crippen LogP contribution in [-0.2, 0) is 11.3 Å². The van der Waals surface area contributed by atoms with Gasteiger partial charge in [0.15, 0.2) is 0 Å². The zero-order valence-electron chi connectivity index (χ0n) is 10.9. The van der Waals surface area contributed by atoms with E-state index in [1.54, 1.807) is 24.5 Å². The minimum Gasteiger partial charge on any atom is -0.369 e. The van der Waals surface area contributed by atoms with Crippen molar-refractivity contribution in [3.63, 3.8) is 0 Å². The predicted octanol–water partition coefficient (Wildman–Crippen LogP) is 2.09. The van der Waals surface area contributed by atoms with Crippen LogP contribution < -0.4 is 11.1 Å². The fourth-order valence-corrected chi connectivity index (χ4v) is 2.07. The van der Waals surface area contributed by atoms with Gasteiger partial charge < -0.3 is 11.1 Å². The van der Waals surface area contributed by atoms with Crippen molar-refractivity contribution < 1.29 is 4.79 Å². The Labute approximate surface area is 123 Å². The number of hydrogen-bond acceptors (Lipinski definition) is 3. The molecule has 0 aliphatic carbocycles. The molecule has 1 heterocycles. The molecule has 0 radical (unpaired) electrons. The first kappa shape index (κ1) is 14.5. The van der Waals surface area contributed by atoms with Crippen LogP contribution in [0.15, 0.2) is 48.8 Å². The maximum atomic E-state index is 11.6. The number of nitrogens with one attached hydrogen (secondary N) is 1. The zero-order valence-corrected chi connectivity index (χ0v) is 11.7. The van der Waals surface area contributed by atoms with Gasteiger partial charge in [-0.1, -0.05) is 29.8 Å². The molecule has 1 unspecified atom stereocenters. The smallest absolute Gasteiger partial charge is 0.226 e. The summed E-state index contributed by atoms with van der Waals surface area (Å²) >= 11 is 5.84. The average Bonchev–Trinajstić information content (AvgIpc) is 2.46. The third-order valence-electron chi connectivity index (χ3n) is 3.02. The Bertz CT molecular complexity index is 557. The number of aromatic nitrogens is 1. The molecule has 3 N–H and O–H groups in total. The summed E-state index contributed by atoms with van der Waals surface area (Å²) in [5.74, 6) is -0.727. The van der Waals surface area contributed by atoms with E-state index >= 15 is 0 Å².